The number of carbonyl (C=O) groups is 1. The fourth-order valence-electron chi connectivity index (χ4n) is 2.43. The standard InChI is InChI=1S/C12H20O3/c1-8-9(7-13)12(2,3)11(15-5)6-10(8)14-4/h7,10-11H,6H2,1-5H3/t10-,11-/m0/s1. The third-order valence-electron chi connectivity index (χ3n) is 3.52. The maximum absolute atomic E-state index is 11.1. The summed E-state index contributed by atoms with van der Waals surface area (Å²) in [5.41, 5.74) is 1.62. The number of carbonyl (C=O) groups excluding carboxylic acids is 1. The predicted octanol–water partition coefficient (Wildman–Crippen LogP) is 1.96. The number of aldehydes is 1. The highest BCUT2D eigenvalue weighted by atomic mass is 16.5. The molecular formula is C12H20O3. The molecule has 0 aromatic heterocycles. The average molecular weight is 212 g/mol. The van der Waals surface area contributed by atoms with Gasteiger partial charge in [-0.15, -0.1) is 0 Å². The lowest BCUT2D eigenvalue weighted by atomic mass is 9.70. The molecule has 0 radical (unpaired) electrons. The van der Waals surface area contributed by atoms with E-state index in [4.69, 9.17) is 9.47 Å². The third kappa shape index (κ3) is 1.99. The summed E-state index contributed by atoms with van der Waals surface area (Å²) in [5.74, 6) is 0. The molecule has 0 unspecified atom stereocenters. The van der Waals surface area contributed by atoms with Gasteiger partial charge in [0.2, 0.25) is 0 Å². The van der Waals surface area contributed by atoms with E-state index < -0.39 is 0 Å². The molecule has 0 aromatic rings. The molecule has 15 heavy (non-hydrogen) atoms. The van der Waals surface area contributed by atoms with E-state index in [1.807, 2.05) is 20.8 Å². The average Bonchev–Trinajstić information content (AvgIpc) is 2.18. The first-order valence-corrected chi connectivity index (χ1v) is 5.21. The van der Waals surface area contributed by atoms with Crippen LogP contribution < -0.4 is 0 Å². The first-order valence-electron chi connectivity index (χ1n) is 5.21. The summed E-state index contributed by atoms with van der Waals surface area (Å²) in [7, 11) is 3.35. The summed E-state index contributed by atoms with van der Waals surface area (Å²) in [6.07, 6.45) is 1.78. The van der Waals surface area contributed by atoms with Crippen LogP contribution in [-0.4, -0.2) is 32.7 Å². The fourth-order valence-corrected chi connectivity index (χ4v) is 2.43. The molecule has 1 aliphatic carbocycles. The van der Waals surface area contributed by atoms with E-state index in [9.17, 15) is 4.79 Å². The van der Waals surface area contributed by atoms with Gasteiger partial charge in [-0.05, 0) is 12.5 Å². The highest BCUT2D eigenvalue weighted by molar-refractivity contribution is 5.77. The van der Waals surface area contributed by atoms with Crippen molar-refractivity contribution in [3.05, 3.63) is 11.1 Å². The zero-order valence-corrected chi connectivity index (χ0v) is 10.2. The maximum atomic E-state index is 11.1. The number of hydrogen-bond acceptors (Lipinski definition) is 3. The second-order valence-corrected chi connectivity index (χ2v) is 4.62. The molecule has 3 heteroatoms. The number of ether oxygens (including phenoxy) is 2. The summed E-state index contributed by atoms with van der Waals surface area (Å²) in [6.45, 7) is 6.05. The Labute approximate surface area is 91.4 Å². The van der Waals surface area contributed by atoms with Gasteiger partial charge >= 0.3 is 0 Å². The van der Waals surface area contributed by atoms with Gasteiger partial charge in [-0.1, -0.05) is 13.8 Å². The minimum Gasteiger partial charge on any atom is -0.380 e. The molecule has 0 saturated carbocycles. The van der Waals surface area contributed by atoms with E-state index in [2.05, 4.69) is 0 Å². The van der Waals surface area contributed by atoms with Gasteiger partial charge < -0.3 is 9.47 Å². The van der Waals surface area contributed by atoms with Crippen LogP contribution in [-0.2, 0) is 14.3 Å². The second-order valence-electron chi connectivity index (χ2n) is 4.62. The Bertz CT molecular complexity index is 279. The normalized spacial score (nSPS) is 30.5. The van der Waals surface area contributed by atoms with Gasteiger partial charge in [0.15, 0.2) is 0 Å². The van der Waals surface area contributed by atoms with Crippen molar-refractivity contribution in [1.29, 1.82) is 0 Å². The van der Waals surface area contributed by atoms with Gasteiger partial charge in [0.05, 0.1) is 12.2 Å². The molecule has 0 bridgehead atoms. The van der Waals surface area contributed by atoms with E-state index >= 15 is 0 Å². The van der Waals surface area contributed by atoms with Crippen LogP contribution in [0.25, 0.3) is 0 Å². The number of rotatable bonds is 3. The summed E-state index contributed by atoms with van der Waals surface area (Å²) < 4.78 is 10.8. The van der Waals surface area contributed by atoms with Crippen LogP contribution in [0.3, 0.4) is 0 Å². The second kappa shape index (κ2) is 4.45. The van der Waals surface area contributed by atoms with Crippen molar-refractivity contribution in [2.45, 2.75) is 39.4 Å². The van der Waals surface area contributed by atoms with Crippen LogP contribution in [0.5, 0.6) is 0 Å². The summed E-state index contributed by atoms with van der Waals surface area (Å²) in [4.78, 5) is 11.1. The Morgan fingerprint density at radius 2 is 1.93 bits per heavy atom. The zero-order chi connectivity index (χ0) is 11.6. The van der Waals surface area contributed by atoms with E-state index in [0.29, 0.717) is 0 Å². The smallest absolute Gasteiger partial charge is 0.146 e. The van der Waals surface area contributed by atoms with E-state index in [1.165, 1.54) is 0 Å². The largest absolute Gasteiger partial charge is 0.380 e. The van der Waals surface area contributed by atoms with Crippen LogP contribution >= 0.6 is 0 Å². The van der Waals surface area contributed by atoms with Crippen molar-refractivity contribution < 1.29 is 14.3 Å². The van der Waals surface area contributed by atoms with Gasteiger partial charge in [0.25, 0.3) is 0 Å². The topological polar surface area (TPSA) is 35.5 Å². The van der Waals surface area contributed by atoms with Gasteiger partial charge in [-0.25, -0.2) is 0 Å². The van der Waals surface area contributed by atoms with Crippen molar-refractivity contribution in [1.82, 2.24) is 0 Å². The summed E-state index contributed by atoms with van der Waals surface area (Å²) in [6, 6.07) is 0. The Hall–Kier alpha value is -0.670. The molecule has 86 valence electrons. The van der Waals surface area contributed by atoms with E-state index in [0.717, 1.165) is 23.9 Å². The Kier molecular flexibility index (Phi) is 3.68. The van der Waals surface area contributed by atoms with Crippen molar-refractivity contribution >= 4 is 6.29 Å². The molecule has 0 saturated heterocycles. The van der Waals surface area contributed by atoms with Crippen LogP contribution in [0, 0.1) is 5.41 Å². The molecule has 0 fully saturated rings. The van der Waals surface area contributed by atoms with Gasteiger partial charge in [0.1, 0.15) is 6.29 Å². The minimum absolute atomic E-state index is 0.00294. The first kappa shape index (κ1) is 12.4. The lowest BCUT2D eigenvalue weighted by molar-refractivity contribution is -0.108. The SMILES string of the molecule is CO[C@H]1C[C@H](OC)C(C)(C)C(C=O)=C1C. The van der Waals surface area contributed by atoms with Crippen LogP contribution in [0.2, 0.25) is 0 Å². The van der Waals surface area contributed by atoms with Crippen molar-refractivity contribution in [3.8, 4) is 0 Å². The molecule has 0 aromatic carbocycles. The summed E-state index contributed by atoms with van der Waals surface area (Å²) in [5, 5.41) is 0. The molecular weight excluding hydrogens is 192 g/mol. The molecule has 0 aliphatic heterocycles. The van der Waals surface area contributed by atoms with Crippen LogP contribution in [0.4, 0.5) is 0 Å². The van der Waals surface area contributed by atoms with E-state index in [1.54, 1.807) is 14.2 Å². The Balaban J connectivity index is 3.17. The number of hydrogen-bond donors (Lipinski definition) is 0. The Morgan fingerprint density at radius 1 is 1.33 bits per heavy atom. The van der Waals surface area contributed by atoms with Gasteiger partial charge in [-0.3, -0.25) is 4.79 Å². The van der Waals surface area contributed by atoms with Crippen LogP contribution in [0.1, 0.15) is 27.2 Å². The monoisotopic (exact) mass is 212 g/mol. The van der Waals surface area contributed by atoms with Crippen molar-refractivity contribution in [2.24, 2.45) is 5.41 Å². The molecule has 0 N–H and O–H groups in total. The maximum Gasteiger partial charge on any atom is 0.146 e. The quantitative estimate of drug-likeness (QED) is 0.671. The molecule has 0 heterocycles. The molecule has 1 rings (SSSR count). The van der Waals surface area contributed by atoms with Gasteiger partial charge in [0, 0.05) is 31.6 Å². The summed E-state index contributed by atoms with van der Waals surface area (Å²) >= 11 is 0. The third-order valence-corrected chi connectivity index (χ3v) is 3.52. The highest BCUT2D eigenvalue weighted by Crippen LogP contribution is 2.41. The van der Waals surface area contributed by atoms with E-state index in [-0.39, 0.29) is 17.6 Å². The van der Waals surface area contributed by atoms with Crippen molar-refractivity contribution in [3.63, 3.8) is 0 Å². The zero-order valence-electron chi connectivity index (χ0n) is 10.2. The molecule has 2 atom stereocenters. The Morgan fingerprint density at radius 3 is 2.33 bits per heavy atom. The molecule has 3 nitrogen and oxygen atoms in total. The van der Waals surface area contributed by atoms with Gasteiger partial charge in [-0.2, -0.15) is 0 Å². The fraction of sp³-hybridized carbons (Fsp3) is 0.750. The first-order chi connectivity index (χ1) is 6.98. The molecule has 1 aliphatic rings. The highest BCUT2D eigenvalue weighted by Gasteiger charge is 2.41. The lowest BCUT2D eigenvalue weighted by Gasteiger charge is -2.41. The number of methoxy groups -OCH3 is 2. The molecule has 0 spiro atoms. The predicted molar refractivity (Wildman–Crippen MR) is 58.8 cm³/mol. The van der Waals surface area contributed by atoms with Crippen molar-refractivity contribution in [2.75, 3.05) is 14.2 Å². The minimum atomic E-state index is -0.227. The molecule has 0 amide bonds. The lowest BCUT2D eigenvalue weighted by Crippen LogP contribution is -2.42. The van der Waals surface area contributed by atoms with Crippen LogP contribution in [0.15, 0.2) is 11.1 Å².